The van der Waals surface area contributed by atoms with Crippen molar-refractivity contribution in [2.24, 2.45) is 5.92 Å². The average Bonchev–Trinajstić information content (AvgIpc) is 3.41. The first-order chi connectivity index (χ1) is 35.7. The summed E-state index contributed by atoms with van der Waals surface area (Å²) in [5.41, 5.74) is 4.70. The first-order valence-corrected chi connectivity index (χ1v) is 26.4. The molecule has 6 aromatic rings. The quantitative estimate of drug-likeness (QED) is 0.0236. The van der Waals surface area contributed by atoms with Gasteiger partial charge in [0.05, 0.1) is 36.7 Å². The van der Waals surface area contributed by atoms with Gasteiger partial charge in [-0.2, -0.15) is 0 Å². The minimum absolute atomic E-state index is 0.222. The summed E-state index contributed by atoms with van der Waals surface area (Å²) in [4.78, 5) is 51.5. The lowest BCUT2D eigenvalue weighted by Gasteiger charge is -2.12. The van der Waals surface area contributed by atoms with Gasteiger partial charge in [0.1, 0.15) is 34.5 Å². The summed E-state index contributed by atoms with van der Waals surface area (Å²) in [5.74, 6) is -0.476. The van der Waals surface area contributed by atoms with E-state index in [0.717, 1.165) is 46.6 Å². The van der Waals surface area contributed by atoms with Crippen LogP contribution in [0.1, 0.15) is 151 Å². The molecule has 10 nitrogen and oxygen atoms in total. The number of unbranched alkanes of at least 4 members (excludes halogenated alkanes) is 14. The van der Waals surface area contributed by atoms with Gasteiger partial charge < -0.3 is 28.4 Å². The highest BCUT2D eigenvalue weighted by atomic mass is 16.6. The van der Waals surface area contributed by atoms with Crippen LogP contribution in [-0.2, 0) is 9.59 Å². The number of ether oxygens (including phenoxy) is 6. The van der Waals surface area contributed by atoms with Gasteiger partial charge in [0, 0.05) is 0 Å². The van der Waals surface area contributed by atoms with Gasteiger partial charge in [0.25, 0.3) is 0 Å². The van der Waals surface area contributed by atoms with Crippen molar-refractivity contribution in [2.45, 2.75) is 130 Å². The van der Waals surface area contributed by atoms with E-state index in [-0.39, 0.29) is 29.4 Å². The lowest BCUT2D eigenvalue weighted by atomic mass is 10.0. The van der Waals surface area contributed by atoms with Gasteiger partial charge in [-0.05, 0) is 132 Å². The minimum atomic E-state index is -0.821. The molecule has 0 heterocycles. The molecule has 0 N–H and O–H groups in total. The predicted octanol–water partition coefficient (Wildman–Crippen LogP) is 16.0. The Morgan fingerprint density at radius 1 is 0.342 bits per heavy atom. The van der Waals surface area contributed by atoms with E-state index in [9.17, 15) is 19.2 Å². The van der Waals surface area contributed by atoms with Crippen molar-refractivity contribution in [3.63, 3.8) is 0 Å². The highest BCUT2D eigenvalue weighted by Gasteiger charge is 2.21. The SMILES string of the molecule is CCCCCCCCCCOc1ccc(-c2ccc(C(=O)Oc3ccc(OC(=O)CC(C)C(=O)Oc4ccc(OC(=O)c5ccc(-c6ccc(OCCCCCCCCCC)cc6)cc5)cc4)cc3)cc2)cc1. The highest BCUT2D eigenvalue weighted by molar-refractivity contribution is 5.92. The van der Waals surface area contributed by atoms with Gasteiger partial charge in [-0.15, -0.1) is 0 Å². The van der Waals surface area contributed by atoms with Crippen molar-refractivity contribution in [3.8, 4) is 56.8 Å². The fraction of sp³-hybridized carbons (Fsp3) is 0.365. The van der Waals surface area contributed by atoms with Crippen LogP contribution >= 0.6 is 0 Å². The molecule has 0 aliphatic rings. The Bertz CT molecular complexity index is 2570. The molecule has 0 aromatic heterocycles. The smallest absolute Gasteiger partial charge is 0.343 e. The minimum Gasteiger partial charge on any atom is -0.494 e. The summed E-state index contributed by atoms with van der Waals surface area (Å²) in [6.45, 7) is 7.47. The number of hydrogen-bond acceptors (Lipinski definition) is 10. The molecule has 1 unspecified atom stereocenters. The van der Waals surface area contributed by atoms with Crippen molar-refractivity contribution >= 4 is 23.9 Å². The number of carbonyl (C=O) groups excluding carboxylic acids is 4. The first kappa shape index (κ1) is 55.1. The van der Waals surface area contributed by atoms with E-state index in [0.29, 0.717) is 24.3 Å². The Morgan fingerprint density at radius 2 is 0.630 bits per heavy atom. The third kappa shape index (κ3) is 19.4. The molecule has 73 heavy (non-hydrogen) atoms. The van der Waals surface area contributed by atoms with Crippen LogP contribution in [0.4, 0.5) is 0 Å². The number of carbonyl (C=O) groups is 4. The van der Waals surface area contributed by atoms with E-state index in [2.05, 4.69) is 13.8 Å². The zero-order valence-electron chi connectivity index (χ0n) is 43.0. The second kappa shape index (κ2) is 30.6. The van der Waals surface area contributed by atoms with Gasteiger partial charge in [-0.3, -0.25) is 9.59 Å². The zero-order valence-corrected chi connectivity index (χ0v) is 43.0. The molecule has 6 rings (SSSR count). The normalized spacial score (nSPS) is 11.3. The monoisotopic (exact) mass is 989 g/mol. The summed E-state index contributed by atoms with van der Waals surface area (Å²) in [7, 11) is 0. The van der Waals surface area contributed by atoms with Crippen molar-refractivity contribution in [2.75, 3.05) is 13.2 Å². The largest absolute Gasteiger partial charge is 0.494 e. The Kier molecular flexibility index (Phi) is 23.1. The lowest BCUT2D eigenvalue weighted by molar-refractivity contribution is -0.144. The number of benzene rings is 6. The van der Waals surface area contributed by atoms with Gasteiger partial charge >= 0.3 is 23.9 Å². The van der Waals surface area contributed by atoms with Crippen LogP contribution in [-0.4, -0.2) is 37.1 Å². The standard InChI is InChI=1S/C63H72O10/c1-4-6-8-10-12-14-16-18-44-68-54-32-28-50(29-33-54)48-20-24-52(25-21-48)62(66)72-58-38-36-56(37-39-58)70-60(64)46-47(3)61(65)71-57-40-42-59(43-41-57)73-63(67)53-26-22-49(23-27-53)51-30-34-55(35-31-51)69-45-19-17-15-13-11-9-7-5-2/h20-43,47H,4-19,44-46H2,1-3H3. The maximum atomic E-state index is 12.9. The van der Waals surface area contributed by atoms with Crippen LogP contribution in [0.25, 0.3) is 22.3 Å². The molecule has 0 spiro atoms. The zero-order chi connectivity index (χ0) is 51.5. The number of hydrogen-bond donors (Lipinski definition) is 0. The van der Waals surface area contributed by atoms with Crippen LogP contribution in [0.3, 0.4) is 0 Å². The van der Waals surface area contributed by atoms with E-state index < -0.39 is 29.8 Å². The average molecular weight is 989 g/mol. The molecule has 10 heteroatoms. The Balaban J connectivity index is 0.855. The Labute approximate surface area is 432 Å². The lowest BCUT2D eigenvalue weighted by Crippen LogP contribution is -2.23. The van der Waals surface area contributed by atoms with E-state index in [1.807, 2.05) is 72.8 Å². The van der Waals surface area contributed by atoms with Crippen molar-refractivity contribution in [3.05, 3.63) is 157 Å². The van der Waals surface area contributed by atoms with Gasteiger partial charge in [-0.1, -0.05) is 159 Å². The second-order valence-electron chi connectivity index (χ2n) is 18.6. The molecule has 1 atom stereocenters. The summed E-state index contributed by atoms with van der Waals surface area (Å²) < 4.78 is 33.9. The molecular weight excluding hydrogens is 917 g/mol. The molecule has 0 saturated heterocycles. The Morgan fingerprint density at radius 3 is 0.986 bits per heavy atom. The summed E-state index contributed by atoms with van der Waals surface area (Å²) in [6.07, 6.45) is 19.9. The summed E-state index contributed by atoms with van der Waals surface area (Å²) in [5, 5.41) is 0. The van der Waals surface area contributed by atoms with E-state index in [1.54, 1.807) is 31.2 Å². The molecule has 0 amide bonds. The molecule has 0 fully saturated rings. The summed E-state index contributed by atoms with van der Waals surface area (Å²) >= 11 is 0. The maximum Gasteiger partial charge on any atom is 0.343 e. The van der Waals surface area contributed by atoms with Crippen LogP contribution in [0.5, 0.6) is 34.5 Å². The van der Waals surface area contributed by atoms with Crippen molar-refractivity contribution in [1.29, 1.82) is 0 Å². The van der Waals surface area contributed by atoms with Gasteiger partial charge in [0.2, 0.25) is 0 Å². The number of rotatable bonds is 31. The molecule has 0 aliphatic carbocycles. The molecule has 0 bridgehead atoms. The second-order valence-corrected chi connectivity index (χ2v) is 18.6. The van der Waals surface area contributed by atoms with E-state index in [1.165, 1.54) is 138 Å². The highest BCUT2D eigenvalue weighted by Crippen LogP contribution is 2.27. The predicted molar refractivity (Wildman–Crippen MR) is 288 cm³/mol. The first-order valence-electron chi connectivity index (χ1n) is 26.4. The fourth-order valence-corrected chi connectivity index (χ4v) is 8.14. The van der Waals surface area contributed by atoms with Gasteiger partial charge in [-0.25, -0.2) is 9.59 Å². The molecule has 0 aliphatic heterocycles. The van der Waals surface area contributed by atoms with E-state index >= 15 is 0 Å². The number of esters is 4. The van der Waals surface area contributed by atoms with Gasteiger partial charge in [0.15, 0.2) is 0 Å². The van der Waals surface area contributed by atoms with Crippen LogP contribution in [0.2, 0.25) is 0 Å². The van der Waals surface area contributed by atoms with Crippen LogP contribution in [0, 0.1) is 5.92 Å². The third-order valence-corrected chi connectivity index (χ3v) is 12.5. The molecular formula is C63H72O10. The molecule has 0 radical (unpaired) electrons. The van der Waals surface area contributed by atoms with Crippen LogP contribution in [0.15, 0.2) is 146 Å². The van der Waals surface area contributed by atoms with E-state index in [4.69, 9.17) is 28.4 Å². The topological polar surface area (TPSA) is 124 Å². The summed E-state index contributed by atoms with van der Waals surface area (Å²) in [6, 6.07) is 42.4. The van der Waals surface area contributed by atoms with Crippen molar-refractivity contribution in [1.82, 2.24) is 0 Å². The molecule has 6 aromatic carbocycles. The fourth-order valence-electron chi connectivity index (χ4n) is 8.14. The molecule has 0 saturated carbocycles. The van der Waals surface area contributed by atoms with Crippen LogP contribution < -0.4 is 28.4 Å². The molecule has 384 valence electrons. The Hall–Kier alpha value is -7.20. The van der Waals surface area contributed by atoms with Crippen molar-refractivity contribution < 1.29 is 47.6 Å². The maximum absolute atomic E-state index is 12.9. The third-order valence-electron chi connectivity index (χ3n) is 12.5.